The lowest BCUT2D eigenvalue weighted by Crippen LogP contribution is -2.41. The third kappa shape index (κ3) is 5.85. The summed E-state index contributed by atoms with van der Waals surface area (Å²) >= 11 is 0. The molecule has 0 unspecified atom stereocenters. The van der Waals surface area contributed by atoms with Crippen molar-refractivity contribution in [2.45, 2.75) is 59.5 Å². The van der Waals surface area contributed by atoms with Crippen LogP contribution in [0.3, 0.4) is 0 Å². The molecule has 0 bridgehead atoms. The summed E-state index contributed by atoms with van der Waals surface area (Å²) in [6.07, 6.45) is 0.657. The molecule has 94 valence electrons. The van der Waals surface area contributed by atoms with Crippen molar-refractivity contribution in [2.24, 2.45) is 5.41 Å². The summed E-state index contributed by atoms with van der Waals surface area (Å²) in [6.45, 7) is 9.33. The Labute approximate surface area is 97.4 Å². The monoisotopic (exact) mass is 229 g/mol. The van der Waals surface area contributed by atoms with E-state index in [0.29, 0.717) is 12.8 Å². The first-order chi connectivity index (χ1) is 7.14. The Morgan fingerprint density at radius 2 is 1.75 bits per heavy atom. The maximum Gasteiger partial charge on any atom is 0.320 e. The smallest absolute Gasteiger partial charge is 0.320 e. The van der Waals surface area contributed by atoms with Crippen LogP contribution in [0, 0.1) is 5.41 Å². The van der Waals surface area contributed by atoms with Crippen LogP contribution in [0.2, 0.25) is 0 Å². The van der Waals surface area contributed by atoms with E-state index < -0.39 is 12.0 Å². The molecule has 0 saturated carbocycles. The molecular formula is C12H23NO3. The maximum atomic E-state index is 11.7. The summed E-state index contributed by atoms with van der Waals surface area (Å²) in [6, 6.07) is -0.530. The zero-order chi connectivity index (χ0) is 12.9. The fourth-order valence-corrected chi connectivity index (χ4v) is 1.33. The van der Waals surface area contributed by atoms with Crippen LogP contribution in [0.1, 0.15) is 47.5 Å². The zero-order valence-electron chi connectivity index (χ0n) is 10.8. The van der Waals surface area contributed by atoms with Gasteiger partial charge in [-0.15, -0.1) is 0 Å². The van der Waals surface area contributed by atoms with Gasteiger partial charge >= 0.3 is 5.97 Å². The number of carboxylic acids is 1. The predicted octanol–water partition coefficient (Wildman–Crippen LogP) is 1.83. The molecule has 0 spiro atoms. The molecule has 0 aromatic heterocycles. The van der Waals surface area contributed by atoms with Gasteiger partial charge in [-0.05, 0) is 6.42 Å². The maximum absolute atomic E-state index is 11.7. The number of rotatable bonds is 6. The van der Waals surface area contributed by atoms with Gasteiger partial charge in [0.15, 0.2) is 0 Å². The van der Waals surface area contributed by atoms with E-state index in [0.717, 1.165) is 0 Å². The van der Waals surface area contributed by atoms with Crippen molar-refractivity contribution in [1.82, 2.24) is 5.32 Å². The number of hydrogen-bond acceptors (Lipinski definition) is 3. The molecule has 2 N–H and O–H groups in total. The van der Waals surface area contributed by atoms with E-state index in [1.54, 1.807) is 0 Å². The number of carboxylic acid groups (broad SMARTS) is 1. The van der Waals surface area contributed by atoms with E-state index in [1.165, 1.54) is 0 Å². The number of carbonyl (C=O) groups is 2. The van der Waals surface area contributed by atoms with E-state index in [1.807, 2.05) is 34.6 Å². The molecular weight excluding hydrogens is 206 g/mol. The van der Waals surface area contributed by atoms with Gasteiger partial charge in [-0.2, -0.15) is 0 Å². The van der Waals surface area contributed by atoms with Crippen LogP contribution < -0.4 is 5.32 Å². The first-order valence-electron chi connectivity index (χ1n) is 5.66. The molecule has 0 aliphatic heterocycles. The van der Waals surface area contributed by atoms with Crippen LogP contribution in [-0.2, 0) is 9.59 Å². The minimum Gasteiger partial charge on any atom is -0.480 e. The average molecular weight is 229 g/mol. The molecule has 4 nitrogen and oxygen atoms in total. The van der Waals surface area contributed by atoms with Crippen molar-refractivity contribution in [1.29, 1.82) is 0 Å². The van der Waals surface area contributed by atoms with Gasteiger partial charge in [-0.3, -0.25) is 9.59 Å². The minimum atomic E-state index is -0.893. The topological polar surface area (TPSA) is 66.4 Å². The summed E-state index contributed by atoms with van der Waals surface area (Å²) in [5.41, 5.74) is -0.388. The third-order valence-electron chi connectivity index (χ3n) is 2.33. The second-order valence-corrected chi connectivity index (χ2v) is 5.42. The molecule has 0 aromatic carbocycles. The Kier molecular flexibility index (Phi) is 5.65. The standard InChI is InChI=1S/C12H23NO3/c1-8(2)13-9(11(15)16)6-7-10(14)12(3,4)5/h8-9,13H,6-7H2,1-5H3,(H,15,16)/t9-/m1/s1. The normalized spacial score (nSPS) is 13.9. The van der Waals surface area contributed by atoms with Crippen molar-refractivity contribution >= 4 is 11.8 Å². The van der Waals surface area contributed by atoms with Gasteiger partial charge < -0.3 is 10.4 Å². The summed E-state index contributed by atoms with van der Waals surface area (Å²) in [5, 5.41) is 11.9. The SMILES string of the molecule is CC(C)N[C@H](CCC(=O)C(C)(C)C)C(=O)O. The molecule has 0 aliphatic rings. The van der Waals surface area contributed by atoms with Gasteiger partial charge in [0.1, 0.15) is 11.8 Å². The Morgan fingerprint density at radius 1 is 1.25 bits per heavy atom. The fourth-order valence-electron chi connectivity index (χ4n) is 1.33. The summed E-state index contributed by atoms with van der Waals surface area (Å²) < 4.78 is 0. The van der Waals surface area contributed by atoms with Crippen molar-refractivity contribution in [3.05, 3.63) is 0 Å². The Balaban J connectivity index is 4.23. The number of nitrogens with one attached hydrogen (secondary N) is 1. The number of aliphatic carboxylic acids is 1. The Hall–Kier alpha value is -0.900. The number of hydrogen-bond donors (Lipinski definition) is 2. The summed E-state index contributed by atoms with van der Waals surface area (Å²) in [5.74, 6) is -0.792. The Bertz CT molecular complexity index is 253. The second-order valence-electron chi connectivity index (χ2n) is 5.42. The van der Waals surface area contributed by atoms with Gasteiger partial charge in [-0.1, -0.05) is 34.6 Å². The molecule has 0 aromatic rings. The number of ketones is 1. The highest BCUT2D eigenvalue weighted by atomic mass is 16.4. The third-order valence-corrected chi connectivity index (χ3v) is 2.33. The average Bonchev–Trinajstić information content (AvgIpc) is 2.08. The highest BCUT2D eigenvalue weighted by Gasteiger charge is 2.24. The highest BCUT2D eigenvalue weighted by Crippen LogP contribution is 2.18. The van der Waals surface area contributed by atoms with Crippen molar-refractivity contribution in [3.63, 3.8) is 0 Å². The van der Waals surface area contributed by atoms with Gasteiger partial charge in [0.05, 0.1) is 0 Å². The van der Waals surface area contributed by atoms with E-state index in [4.69, 9.17) is 5.11 Å². The molecule has 16 heavy (non-hydrogen) atoms. The summed E-state index contributed by atoms with van der Waals surface area (Å²) in [7, 11) is 0. The molecule has 4 heteroatoms. The molecule has 1 atom stereocenters. The molecule has 0 saturated heterocycles. The Morgan fingerprint density at radius 3 is 2.06 bits per heavy atom. The van der Waals surface area contributed by atoms with Crippen LogP contribution >= 0.6 is 0 Å². The fraction of sp³-hybridized carbons (Fsp3) is 0.833. The van der Waals surface area contributed by atoms with Crippen LogP contribution in [-0.4, -0.2) is 28.9 Å². The van der Waals surface area contributed by atoms with Crippen molar-refractivity contribution in [3.8, 4) is 0 Å². The second kappa shape index (κ2) is 5.99. The lowest BCUT2D eigenvalue weighted by atomic mass is 9.87. The molecule has 0 aliphatic carbocycles. The quantitative estimate of drug-likeness (QED) is 0.729. The lowest BCUT2D eigenvalue weighted by Gasteiger charge is -2.20. The van der Waals surface area contributed by atoms with Crippen molar-refractivity contribution < 1.29 is 14.7 Å². The van der Waals surface area contributed by atoms with E-state index in [9.17, 15) is 9.59 Å². The first-order valence-corrected chi connectivity index (χ1v) is 5.66. The summed E-state index contributed by atoms with van der Waals surface area (Å²) in [4.78, 5) is 22.6. The first kappa shape index (κ1) is 15.1. The molecule has 0 fully saturated rings. The van der Waals surface area contributed by atoms with Gasteiger partial charge in [0.25, 0.3) is 0 Å². The van der Waals surface area contributed by atoms with Gasteiger partial charge in [0.2, 0.25) is 0 Å². The van der Waals surface area contributed by atoms with Crippen molar-refractivity contribution in [2.75, 3.05) is 0 Å². The van der Waals surface area contributed by atoms with Crippen LogP contribution in [0.15, 0.2) is 0 Å². The minimum absolute atomic E-state index is 0.101. The zero-order valence-corrected chi connectivity index (χ0v) is 10.8. The van der Waals surface area contributed by atoms with Crippen LogP contribution in [0.5, 0.6) is 0 Å². The number of carbonyl (C=O) groups excluding carboxylic acids is 1. The van der Waals surface area contributed by atoms with Gasteiger partial charge in [-0.25, -0.2) is 0 Å². The van der Waals surface area contributed by atoms with E-state index in [-0.39, 0.29) is 17.2 Å². The van der Waals surface area contributed by atoms with E-state index >= 15 is 0 Å². The number of Topliss-reactive ketones (excluding diaryl/α,β-unsaturated/α-hetero) is 1. The lowest BCUT2D eigenvalue weighted by molar-refractivity contribution is -0.140. The van der Waals surface area contributed by atoms with Gasteiger partial charge in [0, 0.05) is 17.9 Å². The predicted molar refractivity (Wildman–Crippen MR) is 63.4 cm³/mol. The van der Waals surface area contributed by atoms with Crippen LogP contribution in [0.4, 0.5) is 0 Å². The molecule has 0 amide bonds. The largest absolute Gasteiger partial charge is 0.480 e. The molecule has 0 radical (unpaired) electrons. The van der Waals surface area contributed by atoms with Crippen LogP contribution in [0.25, 0.3) is 0 Å². The molecule has 0 heterocycles. The van der Waals surface area contributed by atoms with E-state index in [2.05, 4.69) is 5.32 Å². The molecule has 0 rings (SSSR count). The highest BCUT2D eigenvalue weighted by molar-refractivity contribution is 5.84.